The summed E-state index contributed by atoms with van der Waals surface area (Å²) in [5.74, 6) is 0. The Labute approximate surface area is 221 Å². The van der Waals surface area contributed by atoms with Gasteiger partial charge in [0.15, 0.2) is 0 Å². The number of unbranched alkanes of at least 4 members (excludes halogenated alkanes) is 2. The van der Waals surface area contributed by atoms with Crippen LogP contribution in [-0.4, -0.2) is 35.1 Å². The molecule has 7 heteroatoms. The van der Waals surface area contributed by atoms with Crippen LogP contribution < -0.4 is 0 Å². The second-order valence-corrected chi connectivity index (χ2v) is 9.69. The molecule has 0 aliphatic carbocycles. The summed E-state index contributed by atoms with van der Waals surface area (Å²) in [5, 5.41) is 30.3. The highest BCUT2D eigenvalue weighted by Crippen LogP contribution is 2.43. The number of nitrogens with zero attached hydrogens (tertiary/aromatic N) is 6. The van der Waals surface area contributed by atoms with E-state index in [1.165, 1.54) is 0 Å². The minimum absolute atomic E-state index is 0.355. The first-order chi connectivity index (χ1) is 18.7. The first kappa shape index (κ1) is 24.0. The van der Waals surface area contributed by atoms with Gasteiger partial charge in [0, 0.05) is 6.54 Å². The predicted molar refractivity (Wildman–Crippen MR) is 148 cm³/mol. The molecule has 1 atom stereocenters. The second kappa shape index (κ2) is 10.6. The van der Waals surface area contributed by atoms with Gasteiger partial charge < -0.3 is 5.11 Å². The van der Waals surface area contributed by atoms with Gasteiger partial charge in [-0.15, -0.1) is 10.2 Å². The fourth-order valence-corrected chi connectivity index (χ4v) is 5.42. The quantitative estimate of drug-likeness (QED) is 0.235. The third-order valence-corrected chi connectivity index (χ3v) is 7.35. The van der Waals surface area contributed by atoms with Gasteiger partial charge in [0.1, 0.15) is 16.6 Å². The van der Waals surface area contributed by atoms with Gasteiger partial charge in [-0.3, -0.25) is 0 Å². The summed E-state index contributed by atoms with van der Waals surface area (Å²) in [6.45, 7) is 0.805. The van der Waals surface area contributed by atoms with Crippen LogP contribution >= 0.6 is 0 Å². The molecule has 0 fully saturated rings. The zero-order valence-electron chi connectivity index (χ0n) is 21.1. The lowest BCUT2D eigenvalue weighted by molar-refractivity contribution is 0.0131. The Hall–Kier alpha value is -4.36. The molecular formula is C31H30N6O. The maximum absolute atomic E-state index is 12.7. The molecule has 0 amide bonds. The number of fused-ring (bicyclic) bond motifs is 2. The van der Waals surface area contributed by atoms with E-state index in [0.717, 1.165) is 65.4 Å². The highest BCUT2D eigenvalue weighted by Gasteiger charge is 2.42. The van der Waals surface area contributed by atoms with Crippen LogP contribution in [0.1, 0.15) is 42.9 Å². The molecular weight excluding hydrogens is 472 g/mol. The summed E-state index contributed by atoms with van der Waals surface area (Å²) in [4.78, 5) is 0. The van der Waals surface area contributed by atoms with Gasteiger partial charge in [-0.1, -0.05) is 108 Å². The van der Waals surface area contributed by atoms with Crippen LogP contribution in [0.5, 0.6) is 0 Å². The molecule has 0 saturated heterocycles. The molecule has 38 heavy (non-hydrogen) atoms. The highest BCUT2D eigenvalue weighted by molar-refractivity contribution is 5.74. The summed E-state index contributed by atoms with van der Waals surface area (Å²) >= 11 is 0. The van der Waals surface area contributed by atoms with E-state index in [4.69, 9.17) is 0 Å². The molecule has 0 bridgehead atoms. The Bertz CT molecular complexity index is 1590. The average Bonchev–Trinajstić information content (AvgIpc) is 3.60. The molecule has 6 aromatic rings. The summed E-state index contributed by atoms with van der Waals surface area (Å²) in [5.41, 5.74) is 4.09. The first-order valence-corrected chi connectivity index (χ1v) is 13.2. The van der Waals surface area contributed by atoms with E-state index in [1.54, 1.807) is 0 Å². The largest absolute Gasteiger partial charge is 0.378 e. The van der Waals surface area contributed by atoms with Crippen LogP contribution in [0, 0.1) is 0 Å². The molecule has 1 N–H and O–H groups in total. The Kier molecular flexibility index (Phi) is 6.67. The van der Waals surface area contributed by atoms with Crippen LogP contribution in [0.25, 0.3) is 22.1 Å². The van der Waals surface area contributed by atoms with Gasteiger partial charge >= 0.3 is 0 Å². The molecule has 0 aliphatic rings. The van der Waals surface area contributed by atoms with Crippen molar-refractivity contribution in [2.45, 2.75) is 43.9 Å². The van der Waals surface area contributed by atoms with Crippen molar-refractivity contribution in [3.8, 4) is 0 Å². The first-order valence-electron chi connectivity index (χ1n) is 13.2. The number of para-hydroxylation sites is 2. The van der Waals surface area contributed by atoms with Crippen molar-refractivity contribution in [1.82, 2.24) is 30.0 Å². The zero-order valence-corrected chi connectivity index (χ0v) is 21.1. The minimum atomic E-state index is -1.29. The summed E-state index contributed by atoms with van der Waals surface area (Å²) in [6.07, 6.45) is 3.59. The monoisotopic (exact) mass is 502 g/mol. The maximum Gasteiger partial charge on any atom is 0.137 e. The predicted octanol–water partition coefficient (Wildman–Crippen LogP) is 5.91. The maximum atomic E-state index is 12.7. The number of aryl methyl sites for hydroxylation is 1. The van der Waals surface area contributed by atoms with E-state index >= 15 is 0 Å². The third kappa shape index (κ3) is 4.46. The van der Waals surface area contributed by atoms with Crippen molar-refractivity contribution in [2.75, 3.05) is 0 Å². The summed E-state index contributed by atoms with van der Waals surface area (Å²) < 4.78 is 3.89. The van der Waals surface area contributed by atoms with Crippen LogP contribution in [0.4, 0.5) is 0 Å². The summed E-state index contributed by atoms with van der Waals surface area (Å²) in [7, 11) is 0. The molecule has 0 aliphatic heterocycles. The van der Waals surface area contributed by atoms with Crippen molar-refractivity contribution in [1.29, 1.82) is 0 Å². The lowest BCUT2D eigenvalue weighted by Gasteiger charge is -2.37. The molecule has 4 aromatic carbocycles. The number of aromatic nitrogens is 6. The van der Waals surface area contributed by atoms with Crippen molar-refractivity contribution in [3.63, 3.8) is 0 Å². The molecule has 6 rings (SSSR count). The normalized spacial score (nSPS) is 12.8. The van der Waals surface area contributed by atoms with E-state index in [2.05, 4.69) is 26.7 Å². The van der Waals surface area contributed by atoms with Crippen LogP contribution in [0.15, 0.2) is 109 Å². The third-order valence-electron chi connectivity index (χ3n) is 7.35. The lowest BCUT2D eigenvalue weighted by Crippen LogP contribution is -2.39. The van der Waals surface area contributed by atoms with E-state index in [0.29, 0.717) is 0 Å². The zero-order chi connectivity index (χ0) is 25.8. The van der Waals surface area contributed by atoms with E-state index in [1.807, 2.05) is 112 Å². The van der Waals surface area contributed by atoms with Gasteiger partial charge in [0.2, 0.25) is 0 Å². The van der Waals surface area contributed by atoms with E-state index in [9.17, 15) is 5.11 Å². The van der Waals surface area contributed by atoms with Crippen LogP contribution in [0.3, 0.4) is 0 Å². The smallest absolute Gasteiger partial charge is 0.137 e. The van der Waals surface area contributed by atoms with Crippen LogP contribution in [-0.2, 0) is 12.1 Å². The molecule has 0 radical (unpaired) electrons. The van der Waals surface area contributed by atoms with Gasteiger partial charge in [-0.25, -0.2) is 9.36 Å². The number of aliphatic hydroxyl groups is 1. The topological polar surface area (TPSA) is 81.6 Å². The Morgan fingerprint density at radius 1 is 0.605 bits per heavy atom. The van der Waals surface area contributed by atoms with Gasteiger partial charge in [0.05, 0.1) is 17.1 Å². The van der Waals surface area contributed by atoms with Crippen molar-refractivity contribution >= 4 is 22.1 Å². The molecule has 0 saturated carbocycles. The average molecular weight is 503 g/mol. The fraction of sp³-hybridized carbons (Fsp3) is 0.226. The standard InChI is InChI=1S/C31H30N6O/c38-31(24-14-4-1-5-15-24,25-16-6-2-7-17-25)30(37-29-21-12-10-19-27(29)33-35-37)22-8-3-13-23-36-28-20-11-9-18-26(28)32-34-36/h1-2,4-7,9-12,14-21,30,38H,3,8,13,22-23H2. The van der Waals surface area contributed by atoms with Crippen molar-refractivity contribution < 1.29 is 5.11 Å². The van der Waals surface area contributed by atoms with Gasteiger partial charge in [-0.05, 0) is 48.2 Å². The second-order valence-electron chi connectivity index (χ2n) is 9.69. The molecule has 190 valence electrons. The molecule has 2 aromatic heterocycles. The molecule has 0 spiro atoms. The number of benzene rings is 4. The number of rotatable bonds is 10. The Balaban J connectivity index is 1.30. The van der Waals surface area contributed by atoms with Gasteiger partial charge in [-0.2, -0.15) is 0 Å². The van der Waals surface area contributed by atoms with E-state index < -0.39 is 5.60 Å². The Morgan fingerprint density at radius 3 is 1.84 bits per heavy atom. The van der Waals surface area contributed by atoms with Crippen molar-refractivity contribution in [2.24, 2.45) is 0 Å². The SMILES string of the molecule is OC(c1ccccc1)(c1ccccc1)C(CCCCCn1nnc2ccccc21)n1nnc2ccccc21. The fourth-order valence-electron chi connectivity index (χ4n) is 5.42. The highest BCUT2D eigenvalue weighted by atomic mass is 16.3. The number of hydrogen-bond acceptors (Lipinski definition) is 5. The van der Waals surface area contributed by atoms with Gasteiger partial charge in [0.25, 0.3) is 0 Å². The molecule has 2 heterocycles. The summed E-state index contributed by atoms with van der Waals surface area (Å²) in [6, 6.07) is 35.5. The minimum Gasteiger partial charge on any atom is -0.378 e. The molecule has 1 unspecified atom stereocenters. The Morgan fingerprint density at radius 2 is 1.16 bits per heavy atom. The number of hydrogen-bond donors (Lipinski definition) is 1. The molecule has 7 nitrogen and oxygen atoms in total. The van der Waals surface area contributed by atoms with Crippen molar-refractivity contribution in [3.05, 3.63) is 120 Å². The lowest BCUT2D eigenvalue weighted by atomic mass is 9.78. The van der Waals surface area contributed by atoms with Crippen LogP contribution in [0.2, 0.25) is 0 Å². The van der Waals surface area contributed by atoms with E-state index in [-0.39, 0.29) is 6.04 Å².